The topological polar surface area (TPSA) is 60.1 Å². The predicted molar refractivity (Wildman–Crippen MR) is 86.8 cm³/mol. The number of para-hydroxylation sites is 1. The van der Waals surface area contributed by atoms with Crippen LogP contribution >= 0.6 is 0 Å². The third-order valence-corrected chi connectivity index (χ3v) is 4.69. The van der Waals surface area contributed by atoms with E-state index in [-0.39, 0.29) is 11.8 Å². The zero-order valence-electron chi connectivity index (χ0n) is 13.1. The number of hydrogen-bond donors (Lipinski definition) is 1. The molecule has 0 fully saturated rings. The first kappa shape index (κ1) is 14.1. The molecule has 1 aromatic carbocycles. The summed E-state index contributed by atoms with van der Waals surface area (Å²) in [5.41, 5.74) is 3.11. The van der Waals surface area contributed by atoms with Crippen molar-refractivity contribution < 1.29 is 9.21 Å². The van der Waals surface area contributed by atoms with E-state index in [2.05, 4.69) is 10.4 Å². The van der Waals surface area contributed by atoms with E-state index < -0.39 is 0 Å². The number of nitrogens with zero attached hydrogens (tertiary/aromatic N) is 2. The Hall–Kier alpha value is -2.56. The first-order valence-corrected chi connectivity index (χ1v) is 7.98. The van der Waals surface area contributed by atoms with Gasteiger partial charge >= 0.3 is 0 Å². The van der Waals surface area contributed by atoms with E-state index in [0.29, 0.717) is 6.54 Å². The Morgan fingerprint density at radius 3 is 3.13 bits per heavy atom. The van der Waals surface area contributed by atoms with Crippen molar-refractivity contribution in [3.63, 3.8) is 0 Å². The first-order valence-electron chi connectivity index (χ1n) is 7.98. The quantitative estimate of drug-likeness (QED) is 0.809. The van der Waals surface area contributed by atoms with Gasteiger partial charge in [-0.25, -0.2) is 0 Å². The van der Waals surface area contributed by atoms with E-state index in [9.17, 15) is 4.79 Å². The van der Waals surface area contributed by atoms with Gasteiger partial charge in [-0.15, -0.1) is 0 Å². The Morgan fingerprint density at radius 1 is 1.39 bits per heavy atom. The number of aromatic nitrogens is 2. The van der Waals surface area contributed by atoms with Gasteiger partial charge in [0.2, 0.25) is 5.91 Å². The molecule has 0 aliphatic carbocycles. The molecular weight excluding hydrogens is 290 g/mol. The molecule has 0 bridgehead atoms. The standard InChI is InChI=1S/C18H19N3O2/c1-12-15-4-2-3-5-16(15)23-17(12)11-19-18(22)13-7-9-21-14(10-13)6-8-20-21/h2-6,8,13H,7,9-11H2,1H3,(H,19,22). The van der Waals surface area contributed by atoms with Crippen LogP contribution in [0.1, 0.15) is 23.4 Å². The number of carbonyl (C=O) groups is 1. The summed E-state index contributed by atoms with van der Waals surface area (Å²) >= 11 is 0. The number of fused-ring (bicyclic) bond motifs is 2. The number of amides is 1. The summed E-state index contributed by atoms with van der Waals surface area (Å²) in [4.78, 5) is 12.4. The van der Waals surface area contributed by atoms with Crippen LogP contribution in [0.2, 0.25) is 0 Å². The molecule has 0 radical (unpaired) electrons. The number of carbonyl (C=O) groups excluding carboxylic acids is 1. The summed E-state index contributed by atoms with van der Waals surface area (Å²) in [5, 5.41) is 8.39. The van der Waals surface area contributed by atoms with Gasteiger partial charge in [-0.3, -0.25) is 9.48 Å². The molecule has 3 aromatic rings. The van der Waals surface area contributed by atoms with Gasteiger partial charge in [0.15, 0.2) is 0 Å². The smallest absolute Gasteiger partial charge is 0.223 e. The lowest BCUT2D eigenvalue weighted by Crippen LogP contribution is -2.35. The molecule has 5 nitrogen and oxygen atoms in total. The highest BCUT2D eigenvalue weighted by atomic mass is 16.3. The Labute approximate surface area is 134 Å². The Morgan fingerprint density at radius 2 is 2.26 bits per heavy atom. The number of rotatable bonds is 3. The molecule has 0 saturated carbocycles. The van der Waals surface area contributed by atoms with Crippen molar-refractivity contribution >= 4 is 16.9 Å². The lowest BCUT2D eigenvalue weighted by atomic mass is 9.95. The van der Waals surface area contributed by atoms with E-state index in [1.165, 1.54) is 0 Å². The van der Waals surface area contributed by atoms with Gasteiger partial charge in [-0.05, 0) is 25.5 Å². The van der Waals surface area contributed by atoms with Crippen molar-refractivity contribution in [2.75, 3.05) is 0 Å². The average molecular weight is 309 g/mol. The summed E-state index contributed by atoms with van der Waals surface area (Å²) < 4.78 is 7.83. The van der Waals surface area contributed by atoms with Crippen LogP contribution in [0.5, 0.6) is 0 Å². The number of hydrogen-bond acceptors (Lipinski definition) is 3. The van der Waals surface area contributed by atoms with Gasteiger partial charge in [0.25, 0.3) is 0 Å². The second kappa shape index (κ2) is 5.57. The maximum atomic E-state index is 12.4. The summed E-state index contributed by atoms with van der Waals surface area (Å²) in [6.45, 7) is 3.28. The zero-order valence-corrected chi connectivity index (χ0v) is 13.1. The van der Waals surface area contributed by atoms with Gasteiger partial charge in [0, 0.05) is 41.7 Å². The zero-order chi connectivity index (χ0) is 15.8. The molecular formula is C18H19N3O2. The lowest BCUT2D eigenvalue weighted by molar-refractivity contribution is -0.125. The molecule has 0 spiro atoms. The lowest BCUT2D eigenvalue weighted by Gasteiger charge is -2.22. The number of nitrogens with one attached hydrogen (secondary N) is 1. The van der Waals surface area contributed by atoms with E-state index >= 15 is 0 Å². The highest BCUT2D eigenvalue weighted by molar-refractivity contribution is 5.82. The van der Waals surface area contributed by atoms with Crippen LogP contribution in [0.4, 0.5) is 0 Å². The molecule has 1 unspecified atom stereocenters. The van der Waals surface area contributed by atoms with Crippen LogP contribution in [-0.4, -0.2) is 15.7 Å². The molecule has 1 aliphatic rings. The highest BCUT2D eigenvalue weighted by Gasteiger charge is 2.25. The molecule has 118 valence electrons. The first-order chi connectivity index (χ1) is 11.2. The van der Waals surface area contributed by atoms with Gasteiger partial charge in [0.05, 0.1) is 6.54 Å². The third-order valence-electron chi connectivity index (χ3n) is 4.69. The van der Waals surface area contributed by atoms with Gasteiger partial charge in [-0.1, -0.05) is 18.2 Å². The summed E-state index contributed by atoms with van der Waals surface area (Å²) in [7, 11) is 0. The summed E-state index contributed by atoms with van der Waals surface area (Å²) in [6.07, 6.45) is 3.39. The van der Waals surface area contributed by atoms with E-state index in [1.807, 2.05) is 41.9 Å². The highest BCUT2D eigenvalue weighted by Crippen LogP contribution is 2.25. The van der Waals surface area contributed by atoms with Crippen molar-refractivity contribution in [1.82, 2.24) is 15.1 Å². The molecule has 0 saturated heterocycles. The van der Waals surface area contributed by atoms with Crippen molar-refractivity contribution in [3.05, 3.63) is 53.5 Å². The van der Waals surface area contributed by atoms with Gasteiger partial charge < -0.3 is 9.73 Å². The van der Waals surface area contributed by atoms with Crippen LogP contribution < -0.4 is 5.32 Å². The molecule has 1 atom stereocenters. The van der Waals surface area contributed by atoms with Crippen LogP contribution in [-0.2, 0) is 24.3 Å². The van der Waals surface area contributed by atoms with Crippen LogP contribution in [0.15, 0.2) is 40.9 Å². The molecule has 3 heterocycles. The number of aryl methyl sites for hydroxylation is 2. The fourth-order valence-corrected chi connectivity index (χ4v) is 3.30. The van der Waals surface area contributed by atoms with Crippen LogP contribution in [0.3, 0.4) is 0 Å². The largest absolute Gasteiger partial charge is 0.459 e. The van der Waals surface area contributed by atoms with Crippen molar-refractivity contribution in [3.8, 4) is 0 Å². The van der Waals surface area contributed by atoms with Crippen LogP contribution in [0.25, 0.3) is 11.0 Å². The van der Waals surface area contributed by atoms with Gasteiger partial charge in [0.1, 0.15) is 11.3 Å². The predicted octanol–water partition coefficient (Wildman–Crippen LogP) is 2.82. The molecule has 5 heteroatoms. The van der Waals surface area contributed by atoms with Crippen LogP contribution in [0, 0.1) is 12.8 Å². The van der Waals surface area contributed by atoms with E-state index in [1.54, 1.807) is 6.20 Å². The maximum absolute atomic E-state index is 12.4. The normalized spacial score (nSPS) is 17.2. The number of benzene rings is 1. The molecule has 23 heavy (non-hydrogen) atoms. The van der Waals surface area contributed by atoms with Gasteiger partial charge in [-0.2, -0.15) is 5.10 Å². The SMILES string of the molecule is Cc1c(CNC(=O)C2CCn3nccc3C2)oc2ccccc12. The Bertz CT molecular complexity index is 862. The second-order valence-electron chi connectivity index (χ2n) is 6.10. The second-order valence-corrected chi connectivity index (χ2v) is 6.10. The summed E-state index contributed by atoms with van der Waals surface area (Å²) in [6, 6.07) is 9.94. The summed E-state index contributed by atoms with van der Waals surface area (Å²) in [5.74, 6) is 0.946. The Kier molecular flexibility index (Phi) is 3.41. The van der Waals surface area contributed by atoms with E-state index in [0.717, 1.165) is 47.4 Å². The molecule has 1 N–H and O–H groups in total. The maximum Gasteiger partial charge on any atom is 0.223 e. The number of furan rings is 1. The molecule has 1 amide bonds. The Balaban J connectivity index is 1.44. The molecule has 4 rings (SSSR count). The fourth-order valence-electron chi connectivity index (χ4n) is 3.30. The van der Waals surface area contributed by atoms with Crippen molar-refractivity contribution in [1.29, 1.82) is 0 Å². The third kappa shape index (κ3) is 2.52. The fraction of sp³-hybridized carbons (Fsp3) is 0.333. The monoisotopic (exact) mass is 309 g/mol. The molecule has 1 aliphatic heterocycles. The minimum Gasteiger partial charge on any atom is -0.459 e. The minimum atomic E-state index is 0.0175. The average Bonchev–Trinajstić information content (AvgIpc) is 3.17. The molecule has 2 aromatic heterocycles. The van der Waals surface area contributed by atoms with Crippen molar-refractivity contribution in [2.24, 2.45) is 5.92 Å². The minimum absolute atomic E-state index is 0.0175. The van der Waals surface area contributed by atoms with Crippen molar-refractivity contribution in [2.45, 2.75) is 32.9 Å². The van der Waals surface area contributed by atoms with E-state index in [4.69, 9.17) is 4.42 Å².